The van der Waals surface area contributed by atoms with E-state index in [1.807, 2.05) is 35.8 Å². The first-order valence-corrected chi connectivity index (χ1v) is 8.97. The van der Waals surface area contributed by atoms with Gasteiger partial charge in [0.1, 0.15) is 5.52 Å². The van der Waals surface area contributed by atoms with Crippen LogP contribution in [0.5, 0.6) is 0 Å². The molecule has 23 heavy (non-hydrogen) atoms. The number of rotatable bonds is 4. The highest BCUT2D eigenvalue weighted by Crippen LogP contribution is 2.33. The molecule has 0 saturated heterocycles. The highest BCUT2D eigenvalue weighted by molar-refractivity contribution is 7.99. The van der Waals surface area contributed by atoms with Crippen molar-refractivity contribution < 1.29 is 0 Å². The minimum atomic E-state index is 0.636. The molecule has 7 heteroatoms. The lowest BCUT2D eigenvalue weighted by Gasteiger charge is -2.20. The molecule has 0 spiro atoms. The number of anilines is 2. The van der Waals surface area contributed by atoms with Crippen molar-refractivity contribution in [2.75, 3.05) is 5.32 Å². The number of aryl methyl sites for hydroxylation is 1. The van der Waals surface area contributed by atoms with Crippen molar-refractivity contribution in [1.82, 2.24) is 24.8 Å². The summed E-state index contributed by atoms with van der Waals surface area (Å²) in [6.07, 6.45) is 8.49. The van der Waals surface area contributed by atoms with Gasteiger partial charge >= 0.3 is 0 Å². The summed E-state index contributed by atoms with van der Waals surface area (Å²) in [4.78, 5) is 4.74. The van der Waals surface area contributed by atoms with Crippen molar-refractivity contribution in [2.24, 2.45) is 0 Å². The Hall–Kier alpha value is -2.02. The molecule has 2 N–H and O–H groups in total. The van der Waals surface area contributed by atoms with E-state index in [4.69, 9.17) is 4.98 Å². The summed E-state index contributed by atoms with van der Waals surface area (Å²) in [6.45, 7) is 1.98. The molecule has 6 nitrogen and oxygen atoms in total. The SMILES string of the molecule is Cc1cc(Nc2nc(SC3CCCCC3)nn3cccc23)n[nH]1. The van der Waals surface area contributed by atoms with E-state index in [1.165, 1.54) is 32.1 Å². The van der Waals surface area contributed by atoms with Crippen LogP contribution in [0.2, 0.25) is 0 Å². The van der Waals surface area contributed by atoms with Crippen molar-refractivity contribution in [2.45, 2.75) is 49.4 Å². The quantitative estimate of drug-likeness (QED) is 0.759. The minimum Gasteiger partial charge on any atom is -0.322 e. The van der Waals surface area contributed by atoms with Crippen LogP contribution in [0.25, 0.3) is 5.52 Å². The Labute approximate surface area is 139 Å². The summed E-state index contributed by atoms with van der Waals surface area (Å²) in [5, 5.41) is 16.6. The van der Waals surface area contributed by atoms with E-state index in [0.717, 1.165) is 28.0 Å². The number of H-pyrrole nitrogens is 1. The molecular formula is C16H20N6S. The molecule has 1 fully saturated rings. The van der Waals surface area contributed by atoms with Crippen LogP contribution in [0, 0.1) is 6.92 Å². The monoisotopic (exact) mass is 328 g/mol. The Morgan fingerprint density at radius 1 is 1.30 bits per heavy atom. The fourth-order valence-electron chi connectivity index (χ4n) is 2.99. The summed E-state index contributed by atoms with van der Waals surface area (Å²) < 4.78 is 1.89. The van der Waals surface area contributed by atoms with Crippen molar-refractivity contribution in [1.29, 1.82) is 0 Å². The van der Waals surface area contributed by atoms with Gasteiger partial charge in [0.15, 0.2) is 11.6 Å². The van der Waals surface area contributed by atoms with Gasteiger partial charge < -0.3 is 5.32 Å². The molecule has 0 unspecified atom stereocenters. The first-order valence-electron chi connectivity index (χ1n) is 8.09. The molecule has 4 rings (SSSR count). The molecule has 0 aliphatic heterocycles. The van der Waals surface area contributed by atoms with Crippen LogP contribution in [-0.4, -0.2) is 30.0 Å². The summed E-state index contributed by atoms with van der Waals surface area (Å²) in [5.41, 5.74) is 1.98. The lowest BCUT2D eigenvalue weighted by atomic mass is 10.0. The van der Waals surface area contributed by atoms with E-state index >= 15 is 0 Å². The van der Waals surface area contributed by atoms with E-state index in [2.05, 4.69) is 20.6 Å². The van der Waals surface area contributed by atoms with Gasteiger partial charge in [-0.1, -0.05) is 31.0 Å². The highest BCUT2D eigenvalue weighted by atomic mass is 32.2. The minimum absolute atomic E-state index is 0.636. The molecule has 3 heterocycles. The fourth-order valence-corrected chi connectivity index (χ4v) is 4.14. The zero-order chi connectivity index (χ0) is 15.6. The number of hydrogen-bond donors (Lipinski definition) is 2. The molecule has 120 valence electrons. The van der Waals surface area contributed by atoms with Gasteiger partial charge in [0, 0.05) is 23.2 Å². The lowest BCUT2D eigenvalue weighted by Crippen LogP contribution is -2.10. The third-order valence-electron chi connectivity index (χ3n) is 4.15. The topological polar surface area (TPSA) is 70.9 Å². The molecule has 0 aromatic carbocycles. The molecule has 0 atom stereocenters. The zero-order valence-corrected chi connectivity index (χ0v) is 13.9. The van der Waals surface area contributed by atoms with E-state index in [0.29, 0.717) is 5.25 Å². The van der Waals surface area contributed by atoms with Gasteiger partial charge in [-0.15, -0.1) is 5.10 Å². The second-order valence-corrected chi connectivity index (χ2v) is 7.29. The molecule has 3 aromatic heterocycles. The molecule has 1 saturated carbocycles. The maximum absolute atomic E-state index is 4.74. The standard InChI is InChI=1S/C16H20N6S/c1-11-10-14(20-19-11)17-15-13-8-5-9-22(13)21-16(18-15)23-12-6-3-2-4-7-12/h5,8-10,12H,2-4,6-7H2,1H3,(H2,17,18,19,20,21). The summed E-state index contributed by atoms with van der Waals surface area (Å²) >= 11 is 1.80. The van der Waals surface area contributed by atoms with E-state index in [-0.39, 0.29) is 0 Å². The summed E-state index contributed by atoms with van der Waals surface area (Å²) in [5.74, 6) is 1.58. The number of aromatic amines is 1. The third kappa shape index (κ3) is 3.19. The molecule has 3 aromatic rings. The molecular weight excluding hydrogens is 308 g/mol. The Morgan fingerprint density at radius 3 is 2.96 bits per heavy atom. The Kier molecular flexibility index (Phi) is 3.95. The maximum Gasteiger partial charge on any atom is 0.209 e. The fraction of sp³-hybridized carbons (Fsp3) is 0.438. The molecule has 0 amide bonds. The van der Waals surface area contributed by atoms with Gasteiger partial charge in [-0.05, 0) is 31.9 Å². The van der Waals surface area contributed by atoms with Gasteiger partial charge in [0.25, 0.3) is 0 Å². The predicted octanol–water partition coefficient (Wildman–Crippen LogP) is 3.93. The Morgan fingerprint density at radius 2 is 2.17 bits per heavy atom. The van der Waals surface area contributed by atoms with Gasteiger partial charge in [0.2, 0.25) is 5.16 Å². The molecule has 0 bridgehead atoms. The van der Waals surface area contributed by atoms with Gasteiger partial charge in [-0.25, -0.2) is 9.50 Å². The summed E-state index contributed by atoms with van der Waals surface area (Å²) in [7, 11) is 0. The van der Waals surface area contributed by atoms with Crippen LogP contribution in [0.4, 0.5) is 11.6 Å². The second-order valence-electron chi connectivity index (χ2n) is 6.02. The van der Waals surface area contributed by atoms with Crippen LogP contribution in [0.15, 0.2) is 29.6 Å². The Bertz CT molecular complexity index is 802. The van der Waals surface area contributed by atoms with Crippen LogP contribution in [-0.2, 0) is 0 Å². The zero-order valence-electron chi connectivity index (χ0n) is 13.1. The van der Waals surface area contributed by atoms with Gasteiger partial charge in [-0.3, -0.25) is 5.10 Å². The smallest absolute Gasteiger partial charge is 0.209 e. The number of nitrogens with zero attached hydrogens (tertiary/aromatic N) is 4. The number of hydrogen-bond acceptors (Lipinski definition) is 5. The van der Waals surface area contributed by atoms with Crippen molar-refractivity contribution >= 4 is 28.9 Å². The average molecular weight is 328 g/mol. The molecule has 0 radical (unpaired) electrons. The Balaban J connectivity index is 1.63. The van der Waals surface area contributed by atoms with Crippen molar-refractivity contribution in [3.63, 3.8) is 0 Å². The third-order valence-corrected chi connectivity index (χ3v) is 5.34. The number of thioether (sulfide) groups is 1. The largest absolute Gasteiger partial charge is 0.322 e. The van der Waals surface area contributed by atoms with Gasteiger partial charge in [0.05, 0.1) is 0 Å². The first kappa shape index (κ1) is 14.6. The number of aromatic nitrogens is 5. The van der Waals surface area contributed by atoms with Crippen molar-refractivity contribution in [3.05, 3.63) is 30.1 Å². The van der Waals surface area contributed by atoms with Crippen LogP contribution in [0.3, 0.4) is 0 Å². The average Bonchev–Trinajstić information content (AvgIpc) is 3.17. The van der Waals surface area contributed by atoms with Crippen LogP contribution < -0.4 is 5.32 Å². The van der Waals surface area contributed by atoms with Crippen LogP contribution in [0.1, 0.15) is 37.8 Å². The van der Waals surface area contributed by atoms with Crippen molar-refractivity contribution in [3.8, 4) is 0 Å². The molecule has 1 aliphatic carbocycles. The predicted molar refractivity (Wildman–Crippen MR) is 92.3 cm³/mol. The maximum atomic E-state index is 4.74. The first-order chi connectivity index (χ1) is 11.3. The van der Waals surface area contributed by atoms with E-state index in [1.54, 1.807) is 11.8 Å². The normalized spacial score (nSPS) is 16.0. The summed E-state index contributed by atoms with van der Waals surface area (Å²) in [6, 6.07) is 5.96. The number of nitrogens with one attached hydrogen (secondary N) is 2. The lowest BCUT2D eigenvalue weighted by molar-refractivity contribution is 0.515. The van der Waals surface area contributed by atoms with Crippen LogP contribution >= 0.6 is 11.8 Å². The number of fused-ring (bicyclic) bond motifs is 1. The second kappa shape index (κ2) is 6.23. The van der Waals surface area contributed by atoms with Gasteiger partial charge in [-0.2, -0.15) is 5.10 Å². The van der Waals surface area contributed by atoms with E-state index in [9.17, 15) is 0 Å². The van der Waals surface area contributed by atoms with E-state index < -0.39 is 0 Å². The highest BCUT2D eigenvalue weighted by Gasteiger charge is 2.18. The molecule has 1 aliphatic rings.